The van der Waals surface area contributed by atoms with Crippen molar-refractivity contribution in [3.8, 4) is 0 Å². The molecule has 0 aliphatic heterocycles. The lowest BCUT2D eigenvalue weighted by molar-refractivity contribution is 1.49. The summed E-state index contributed by atoms with van der Waals surface area (Å²) in [5, 5.41) is 4.91. The van der Waals surface area contributed by atoms with Gasteiger partial charge in [0, 0.05) is 12.4 Å². The first-order valence-electron chi connectivity index (χ1n) is 2.00. The second-order valence-corrected chi connectivity index (χ2v) is 1.82. The molecule has 1 N–H and O–H groups in total. The van der Waals surface area contributed by atoms with E-state index < -0.39 is 0 Å². The van der Waals surface area contributed by atoms with Crippen LogP contribution in [0.3, 0.4) is 0 Å². The molecule has 3 heteroatoms. The summed E-state index contributed by atoms with van der Waals surface area (Å²) in [5.74, 6) is 0. The van der Waals surface area contributed by atoms with E-state index in [1.165, 1.54) is 11.5 Å². The van der Waals surface area contributed by atoms with Crippen LogP contribution in [0.4, 0.5) is 5.69 Å². The van der Waals surface area contributed by atoms with Gasteiger partial charge < -0.3 is 5.32 Å². The van der Waals surface area contributed by atoms with Gasteiger partial charge >= 0.3 is 0 Å². The third-order valence-electron chi connectivity index (χ3n) is 0.721. The average Bonchev–Trinajstić information content (AvgIpc) is 2.14. The molecule has 0 saturated heterocycles. The van der Waals surface area contributed by atoms with Gasteiger partial charge in [0.25, 0.3) is 0 Å². The fraction of sp³-hybridized carbons (Fsp3) is 0.250. The molecule has 1 aromatic rings. The van der Waals surface area contributed by atoms with Crippen molar-refractivity contribution in [3.05, 3.63) is 11.6 Å². The van der Waals surface area contributed by atoms with Crippen LogP contribution >= 0.6 is 11.5 Å². The Hall–Kier alpha value is -0.570. The van der Waals surface area contributed by atoms with Crippen LogP contribution < -0.4 is 5.32 Å². The molecule has 0 saturated carbocycles. The zero-order valence-corrected chi connectivity index (χ0v) is 4.83. The van der Waals surface area contributed by atoms with Gasteiger partial charge in [-0.25, -0.2) is 0 Å². The van der Waals surface area contributed by atoms with Gasteiger partial charge in [0.05, 0.1) is 11.9 Å². The zero-order chi connectivity index (χ0) is 5.11. The maximum Gasteiger partial charge on any atom is 0.0650 e. The Labute approximate surface area is 46.3 Å². The highest BCUT2D eigenvalue weighted by atomic mass is 32.1. The van der Waals surface area contributed by atoms with Crippen LogP contribution in [-0.2, 0) is 0 Å². The summed E-state index contributed by atoms with van der Waals surface area (Å²) in [6.07, 6.45) is 1.80. The summed E-state index contributed by atoms with van der Waals surface area (Å²) in [4.78, 5) is 0. The maximum atomic E-state index is 3.87. The molecule has 0 aliphatic rings. The van der Waals surface area contributed by atoms with E-state index in [9.17, 15) is 0 Å². The Morgan fingerprint density at radius 1 is 1.86 bits per heavy atom. The standard InChI is InChI=1S/C4H6N2S/c1-5-4-2-6-7-3-4/h2-3,5H,1H3. The van der Waals surface area contributed by atoms with Gasteiger partial charge in [-0.05, 0) is 11.5 Å². The molecule has 1 aromatic heterocycles. The number of nitrogens with zero attached hydrogens (tertiary/aromatic N) is 1. The van der Waals surface area contributed by atoms with E-state index in [1.54, 1.807) is 6.20 Å². The third kappa shape index (κ3) is 0.899. The number of rotatable bonds is 1. The Balaban J connectivity index is 2.76. The lowest BCUT2D eigenvalue weighted by atomic mass is 10.6. The quantitative estimate of drug-likeness (QED) is 0.593. The van der Waals surface area contributed by atoms with Crippen LogP contribution in [0.1, 0.15) is 0 Å². The van der Waals surface area contributed by atoms with Crippen molar-refractivity contribution in [3.63, 3.8) is 0 Å². The smallest absolute Gasteiger partial charge is 0.0650 e. The maximum absolute atomic E-state index is 3.87. The first-order valence-corrected chi connectivity index (χ1v) is 2.84. The molecule has 0 aromatic carbocycles. The molecule has 0 spiro atoms. The largest absolute Gasteiger partial charge is 0.386 e. The first kappa shape index (κ1) is 4.59. The summed E-state index contributed by atoms with van der Waals surface area (Å²) in [6.45, 7) is 0. The second kappa shape index (κ2) is 1.93. The van der Waals surface area contributed by atoms with E-state index >= 15 is 0 Å². The average molecular weight is 114 g/mol. The van der Waals surface area contributed by atoms with Gasteiger partial charge in [0.1, 0.15) is 0 Å². The molecule has 0 atom stereocenters. The molecule has 0 unspecified atom stereocenters. The van der Waals surface area contributed by atoms with Crippen molar-refractivity contribution < 1.29 is 0 Å². The summed E-state index contributed by atoms with van der Waals surface area (Å²) >= 11 is 1.45. The summed E-state index contributed by atoms with van der Waals surface area (Å²) in [7, 11) is 1.88. The van der Waals surface area contributed by atoms with Crippen LogP contribution in [0.25, 0.3) is 0 Å². The molecule has 2 nitrogen and oxygen atoms in total. The highest BCUT2D eigenvalue weighted by molar-refractivity contribution is 7.04. The first-order chi connectivity index (χ1) is 3.43. The van der Waals surface area contributed by atoms with Gasteiger partial charge in [0.15, 0.2) is 0 Å². The molecular weight excluding hydrogens is 108 g/mol. The normalized spacial score (nSPS) is 8.71. The van der Waals surface area contributed by atoms with Crippen LogP contribution in [0, 0.1) is 0 Å². The number of aromatic nitrogens is 1. The minimum atomic E-state index is 1.09. The molecule has 0 bridgehead atoms. The van der Waals surface area contributed by atoms with Crippen LogP contribution in [0.15, 0.2) is 11.6 Å². The van der Waals surface area contributed by atoms with Gasteiger partial charge in [0.2, 0.25) is 0 Å². The lowest BCUT2D eigenvalue weighted by Gasteiger charge is -1.84. The van der Waals surface area contributed by atoms with Crippen LogP contribution in [-0.4, -0.2) is 11.4 Å². The van der Waals surface area contributed by atoms with E-state index in [0.29, 0.717) is 0 Å². The molecule has 0 aliphatic carbocycles. The van der Waals surface area contributed by atoms with Crippen molar-refractivity contribution in [1.29, 1.82) is 0 Å². The number of hydrogen-bond acceptors (Lipinski definition) is 3. The molecule has 1 heterocycles. The summed E-state index contributed by atoms with van der Waals surface area (Å²) in [6, 6.07) is 0. The Bertz CT molecular complexity index is 124. The van der Waals surface area contributed by atoms with E-state index in [4.69, 9.17) is 0 Å². The van der Waals surface area contributed by atoms with E-state index in [-0.39, 0.29) is 0 Å². The van der Waals surface area contributed by atoms with Crippen molar-refractivity contribution in [2.75, 3.05) is 12.4 Å². The number of hydrogen-bond donors (Lipinski definition) is 1. The van der Waals surface area contributed by atoms with Crippen molar-refractivity contribution >= 4 is 17.2 Å². The molecule has 0 fully saturated rings. The SMILES string of the molecule is CNc1cnsc1. The van der Waals surface area contributed by atoms with E-state index in [2.05, 4.69) is 9.69 Å². The molecule has 0 radical (unpaired) electrons. The number of anilines is 1. The Morgan fingerprint density at radius 3 is 3.00 bits per heavy atom. The van der Waals surface area contributed by atoms with Crippen LogP contribution in [0.5, 0.6) is 0 Å². The third-order valence-corrected chi connectivity index (χ3v) is 1.31. The molecule has 0 amide bonds. The second-order valence-electron chi connectivity index (χ2n) is 1.16. The molecule has 1 rings (SSSR count). The summed E-state index contributed by atoms with van der Waals surface area (Å²) in [5.41, 5.74) is 1.09. The van der Waals surface area contributed by atoms with Gasteiger partial charge in [-0.2, -0.15) is 4.37 Å². The van der Waals surface area contributed by atoms with Crippen molar-refractivity contribution in [2.24, 2.45) is 0 Å². The highest BCUT2D eigenvalue weighted by Gasteiger charge is 1.82. The zero-order valence-electron chi connectivity index (χ0n) is 4.01. The molecule has 38 valence electrons. The fourth-order valence-corrected chi connectivity index (χ4v) is 0.856. The fourth-order valence-electron chi connectivity index (χ4n) is 0.328. The number of nitrogens with one attached hydrogen (secondary N) is 1. The lowest BCUT2D eigenvalue weighted by Crippen LogP contribution is -1.81. The van der Waals surface area contributed by atoms with Gasteiger partial charge in [-0.15, -0.1) is 0 Å². The topological polar surface area (TPSA) is 24.9 Å². The van der Waals surface area contributed by atoms with Crippen LogP contribution in [0.2, 0.25) is 0 Å². The minimum absolute atomic E-state index is 1.09. The molecule has 7 heavy (non-hydrogen) atoms. The molecular formula is C4H6N2S. The van der Waals surface area contributed by atoms with Gasteiger partial charge in [-0.1, -0.05) is 0 Å². The predicted octanol–water partition coefficient (Wildman–Crippen LogP) is 1.18. The highest BCUT2D eigenvalue weighted by Crippen LogP contribution is 2.05. The van der Waals surface area contributed by atoms with Gasteiger partial charge in [-0.3, -0.25) is 0 Å². The summed E-state index contributed by atoms with van der Waals surface area (Å²) < 4.78 is 3.87. The Kier molecular flexibility index (Phi) is 1.26. The van der Waals surface area contributed by atoms with Crippen molar-refractivity contribution in [2.45, 2.75) is 0 Å². The predicted molar refractivity (Wildman–Crippen MR) is 31.7 cm³/mol. The van der Waals surface area contributed by atoms with Crippen molar-refractivity contribution in [1.82, 2.24) is 4.37 Å². The minimum Gasteiger partial charge on any atom is -0.386 e. The van der Waals surface area contributed by atoms with E-state index in [0.717, 1.165) is 5.69 Å². The Morgan fingerprint density at radius 2 is 2.71 bits per heavy atom. The van der Waals surface area contributed by atoms with E-state index in [1.807, 2.05) is 12.4 Å². The monoisotopic (exact) mass is 114 g/mol.